The van der Waals surface area contributed by atoms with E-state index in [9.17, 15) is 0 Å². The van der Waals surface area contributed by atoms with Gasteiger partial charge in [-0.1, -0.05) is 6.42 Å². The van der Waals surface area contributed by atoms with Gasteiger partial charge in [0, 0.05) is 32.3 Å². The molecule has 2 aliphatic heterocycles. The zero-order valence-electron chi connectivity index (χ0n) is 15.5. The maximum atomic E-state index is 5.82. The van der Waals surface area contributed by atoms with Crippen molar-refractivity contribution in [2.45, 2.75) is 44.6 Å². The summed E-state index contributed by atoms with van der Waals surface area (Å²) in [5.74, 6) is 3.72. The van der Waals surface area contributed by atoms with Gasteiger partial charge in [-0.2, -0.15) is 4.98 Å². The molecule has 2 aliphatic rings. The molecule has 2 saturated heterocycles. The first-order chi connectivity index (χ1) is 12.7. The van der Waals surface area contributed by atoms with Crippen molar-refractivity contribution in [1.29, 1.82) is 0 Å². The van der Waals surface area contributed by atoms with Gasteiger partial charge in [0.1, 0.15) is 17.5 Å². The minimum Gasteiger partial charge on any atom is -0.384 e. The van der Waals surface area contributed by atoms with Crippen LogP contribution in [0.25, 0.3) is 0 Å². The smallest absolute Gasteiger partial charge is 0.227 e. The molecular formula is C18H28N8. The second-order valence-corrected chi connectivity index (χ2v) is 7.44. The van der Waals surface area contributed by atoms with Gasteiger partial charge in [0.25, 0.3) is 0 Å². The van der Waals surface area contributed by atoms with Crippen molar-refractivity contribution >= 4 is 11.8 Å². The van der Waals surface area contributed by atoms with E-state index in [0.717, 1.165) is 44.1 Å². The molecule has 2 fully saturated rings. The Morgan fingerprint density at radius 3 is 2.77 bits per heavy atom. The Morgan fingerprint density at radius 2 is 1.96 bits per heavy atom. The van der Waals surface area contributed by atoms with Crippen LogP contribution in [0.4, 0.5) is 11.8 Å². The first kappa shape index (κ1) is 17.2. The standard InChI is InChI=1S/C18H28N8/c1-24-16(13-25-9-3-2-4-10-25)22-23-17(24)14-6-5-11-26(12-14)18-20-8-7-15(19)21-18/h7-8,14H,2-6,9-13H2,1H3,(H2,19,20,21)/t14-/m0/s1. The Balaban J connectivity index is 1.46. The number of hydrogen-bond donors (Lipinski definition) is 1. The van der Waals surface area contributed by atoms with Gasteiger partial charge in [0.05, 0.1) is 6.54 Å². The largest absolute Gasteiger partial charge is 0.384 e. The summed E-state index contributed by atoms with van der Waals surface area (Å²) in [5, 5.41) is 9.04. The first-order valence-corrected chi connectivity index (χ1v) is 9.64. The lowest BCUT2D eigenvalue weighted by Crippen LogP contribution is -2.36. The summed E-state index contributed by atoms with van der Waals surface area (Å²) in [7, 11) is 2.10. The van der Waals surface area contributed by atoms with Gasteiger partial charge in [0.2, 0.25) is 5.95 Å². The van der Waals surface area contributed by atoms with Crippen LogP contribution >= 0.6 is 0 Å². The lowest BCUT2D eigenvalue weighted by atomic mass is 9.97. The molecular weight excluding hydrogens is 328 g/mol. The number of piperidine rings is 2. The van der Waals surface area contributed by atoms with E-state index in [1.165, 1.54) is 32.4 Å². The van der Waals surface area contributed by atoms with Crippen molar-refractivity contribution in [3.63, 3.8) is 0 Å². The molecule has 8 heteroatoms. The monoisotopic (exact) mass is 356 g/mol. The molecule has 0 aromatic carbocycles. The summed E-state index contributed by atoms with van der Waals surface area (Å²) in [6, 6.07) is 1.72. The van der Waals surface area contributed by atoms with Crippen molar-refractivity contribution in [3.05, 3.63) is 23.9 Å². The van der Waals surface area contributed by atoms with Crippen molar-refractivity contribution in [2.75, 3.05) is 36.8 Å². The predicted octanol–water partition coefficient (Wildman–Crippen LogP) is 1.56. The number of likely N-dealkylation sites (tertiary alicyclic amines) is 1. The number of nitrogens with two attached hydrogens (primary N) is 1. The van der Waals surface area contributed by atoms with Gasteiger partial charge >= 0.3 is 0 Å². The molecule has 4 rings (SSSR count). The van der Waals surface area contributed by atoms with E-state index >= 15 is 0 Å². The van der Waals surface area contributed by atoms with Crippen molar-refractivity contribution in [1.82, 2.24) is 29.6 Å². The molecule has 0 bridgehead atoms. The second kappa shape index (κ2) is 7.57. The van der Waals surface area contributed by atoms with Crippen molar-refractivity contribution in [3.8, 4) is 0 Å². The number of anilines is 2. The van der Waals surface area contributed by atoms with E-state index in [1.54, 1.807) is 12.3 Å². The third-order valence-corrected chi connectivity index (χ3v) is 5.55. The van der Waals surface area contributed by atoms with E-state index in [2.05, 4.69) is 41.6 Å². The minimum absolute atomic E-state index is 0.349. The van der Waals surface area contributed by atoms with Crippen LogP contribution in [0.15, 0.2) is 12.3 Å². The van der Waals surface area contributed by atoms with Crippen LogP contribution < -0.4 is 10.6 Å². The Hall–Kier alpha value is -2.22. The zero-order chi connectivity index (χ0) is 17.9. The SMILES string of the molecule is Cn1c(CN2CCCCC2)nnc1[C@H]1CCCN(c2nccc(N)n2)C1. The van der Waals surface area contributed by atoms with E-state index in [1.807, 2.05) is 0 Å². The summed E-state index contributed by atoms with van der Waals surface area (Å²) in [6.45, 7) is 5.06. The lowest BCUT2D eigenvalue weighted by Gasteiger charge is -2.32. The Morgan fingerprint density at radius 1 is 1.12 bits per heavy atom. The van der Waals surface area contributed by atoms with E-state index in [-0.39, 0.29) is 0 Å². The Labute approximate surface area is 154 Å². The van der Waals surface area contributed by atoms with Crippen LogP contribution in [0.2, 0.25) is 0 Å². The van der Waals surface area contributed by atoms with Crippen LogP contribution in [0.5, 0.6) is 0 Å². The highest BCUT2D eigenvalue weighted by Crippen LogP contribution is 2.28. The molecule has 4 heterocycles. The molecule has 0 aliphatic carbocycles. The summed E-state index contributed by atoms with van der Waals surface area (Å²) in [5.41, 5.74) is 5.82. The number of hydrogen-bond acceptors (Lipinski definition) is 7. The Bertz CT molecular complexity index is 737. The summed E-state index contributed by atoms with van der Waals surface area (Å²) < 4.78 is 2.20. The second-order valence-electron chi connectivity index (χ2n) is 7.44. The van der Waals surface area contributed by atoms with Crippen LogP contribution in [-0.4, -0.2) is 55.8 Å². The minimum atomic E-state index is 0.349. The highest BCUT2D eigenvalue weighted by atomic mass is 15.3. The third kappa shape index (κ3) is 3.65. The molecule has 8 nitrogen and oxygen atoms in total. The molecule has 2 aromatic heterocycles. The number of rotatable bonds is 4. The van der Waals surface area contributed by atoms with Crippen molar-refractivity contribution < 1.29 is 0 Å². The maximum Gasteiger partial charge on any atom is 0.227 e. The number of nitrogen functional groups attached to an aromatic ring is 1. The normalized spacial score (nSPS) is 21.9. The predicted molar refractivity (Wildman–Crippen MR) is 101 cm³/mol. The molecule has 26 heavy (non-hydrogen) atoms. The zero-order valence-corrected chi connectivity index (χ0v) is 15.5. The molecule has 1 atom stereocenters. The molecule has 0 amide bonds. The average Bonchev–Trinajstić information content (AvgIpc) is 3.03. The van der Waals surface area contributed by atoms with Gasteiger partial charge in [-0.3, -0.25) is 4.90 Å². The van der Waals surface area contributed by atoms with Gasteiger partial charge in [-0.15, -0.1) is 10.2 Å². The maximum absolute atomic E-state index is 5.82. The highest BCUT2D eigenvalue weighted by molar-refractivity contribution is 5.38. The van der Waals surface area contributed by atoms with E-state index < -0.39 is 0 Å². The molecule has 2 N–H and O–H groups in total. The van der Waals surface area contributed by atoms with Gasteiger partial charge in [-0.25, -0.2) is 4.98 Å². The summed E-state index contributed by atoms with van der Waals surface area (Å²) in [6.07, 6.45) is 7.88. The molecule has 2 aromatic rings. The van der Waals surface area contributed by atoms with Crippen LogP contribution in [-0.2, 0) is 13.6 Å². The first-order valence-electron chi connectivity index (χ1n) is 9.64. The summed E-state index contributed by atoms with van der Waals surface area (Å²) >= 11 is 0. The fourth-order valence-corrected chi connectivity index (χ4v) is 4.07. The van der Waals surface area contributed by atoms with Crippen LogP contribution in [0.1, 0.15) is 49.7 Å². The Kier molecular flexibility index (Phi) is 5.01. The van der Waals surface area contributed by atoms with Gasteiger partial charge < -0.3 is 15.2 Å². The lowest BCUT2D eigenvalue weighted by molar-refractivity contribution is 0.213. The quantitative estimate of drug-likeness (QED) is 0.889. The number of aromatic nitrogens is 5. The van der Waals surface area contributed by atoms with Crippen LogP contribution in [0.3, 0.4) is 0 Å². The third-order valence-electron chi connectivity index (χ3n) is 5.55. The average molecular weight is 356 g/mol. The molecule has 0 spiro atoms. The van der Waals surface area contributed by atoms with Gasteiger partial charge in [0.15, 0.2) is 0 Å². The molecule has 0 unspecified atom stereocenters. The van der Waals surface area contributed by atoms with Crippen molar-refractivity contribution in [2.24, 2.45) is 7.05 Å². The molecule has 0 saturated carbocycles. The summed E-state index contributed by atoms with van der Waals surface area (Å²) in [4.78, 5) is 13.5. The van der Waals surface area contributed by atoms with E-state index in [0.29, 0.717) is 17.7 Å². The fourth-order valence-electron chi connectivity index (χ4n) is 4.07. The van der Waals surface area contributed by atoms with E-state index in [4.69, 9.17) is 5.73 Å². The van der Waals surface area contributed by atoms with Gasteiger partial charge in [-0.05, 0) is 44.8 Å². The molecule has 0 radical (unpaired) electrons. The highest BCUT2D eigenvalue weighted by Gasteiger charge is 2.27. The fraction of sp³-hybridized carbons (Fsp3) is 0.667. The number of nitrogens with zero attached hydrogens (tertiary/aromatic N) is 7. The molecule has 140 valence electrons. The van der Waals surface area contributed by atoms with Crippen LogP contribution in [0, 0.1) is 0 Å². The topological polar surface area (TPSA) is 89.0 Å².